The second kappa shape index (κ2) is 9.40. The van der Waals surface area contributed by atoms with Crippen molar-refractivity contribution in [3.8, 4) is 0 Å². The fourth-order valence-electron chi connectivity index (χ4n) is 2.70. The van der Waals surface area contributed by atoms with E-state index in [1.54, 1.807) is 23.1 Å². The topological polar surface area (TPSA) is 88.9 Å². The second-order valence-electron chi connectivity index (χ2n) is 6.22. The highest BCUT2D eigenvalue weighted by atomic mass is 19.1. The maximum atomic E-state index is 13.1. The third kappa shape index (κ3) is 5.73. The molecule has 144 valence electrons. The molecule has 8 heteroatoms. The molecule has 2 N–H and O–H groups in total. The first kappa shape index (κ1) is 19.2. The van der Waals surface area contributed by atoms with Gasteiger partial charge in [-0.05, 0) is 28.8 Å². The lowest BCUT2D eigenvalue weighted by molar-refractivity contribution is -0.125. The normalized spacial score (nSPS) is 10.5. The van der Waals surface area contributed by atoms with Crippen molar-refractivity contribution in [2.75, 3.05) is 6.54 Å². The van der Waals surface area contributed by atoms with Crippen molar-refractivity contribution in [3.05, 3.63) is 83.7 Å². The van der Waals surface area contributed by atoms with Gasteiger partial charge < -0.3 is 10.6 Å². The molecule has 0 atom stereocenters. The molecule has 0 spiro atoms. The minimum atomic E-state index is -0.396. The molecule has 2 amide bonds. The largest absolute Gasteiger partial charge is 0.350 e. The van der Waals surface area contributed by atoms with Crippen molar-refractivity contribution < 1.29 is 14.0 Å². The van der Waals surface area contributed by atoms with Gasteiger partial charge in [0.2, 0.25) is 11.8 Å². The lowest BCUT2D eigenvalue weighted by atomic mass is 10.1. The van der Waals surface area contributed by atoms with E-state index in [0.29, 0.717) is 18.7 Å². The maximum Gasteiger partial charge on any atom is 0.239 e. The fraction of sp³-hybridized carbons (Fsp3) is 0.200. The summed E-state index contributed by atoms with van der Waals surface area (Å²) in [6.45, 7) is 0.749. The molecular formula is C20H20FN5O2. The smallest absolute Gasteiger partial charge is 0.239 e. The van der Waals surface area contributed by atoms with Crippen LogP contribution in [-0.2, 0) is 29.1 Å². The van der Waals surface area contributed by atoms with E-state index >= 15 is 0 Å². The average molecular weight is 381 g/mol. The van der Waals surface area contributed by atoms with Gasteiger partial charge >= 0.3 is 0 Å². The number of carbonyl (C=O) groups is 2. The van der Waals surface area contributed by atoms with E-state index in [9.17, 15) is 14.0 Å². The molecule has 0 bridgehead atoms. The molecule has 2 aromatic carbocycles. The van der Waals surface area contributed by atoms with E-state index in [0.717, 1.165) is 11.1 Å². The van der Waals surface area contributed by atoms with Crippen LogP contribution in [0.4, 0.5) is 4.39 Å². The number of hydrogen-bond donors (Lipinski definition) is 2. The van der Waals surface area contributed by atoms with Crippen LogP contribution in [-0.4, -0.2) is 33.1 Å². The van der Waals surface area contributed by atoms with Gasteiger partial charge in [0.05, 0.1) is 19.5 Å². The van der Waals surface area contributed by atoms with Crippen LogP contribution in [0.5, 0.6) is 0 Å². The van der Waals surface area contributed by atoms with E-state index in [1.165, 1.54) is 18.5 Å². The first-order valence-corrected chi connectivity index (χ1v) is 8.77. The summed E-state index contributed by atoms with van der Waals surface area (Å²) < 4.78 is 14.8. The van der Waals surface area contributed by atoms with E-state index in [4.69, 9.17) is 0 Å². The summed E-state index contributed by atoms with van der Waals surface area (Å²) in [4.78, 5) is 27.9. The summed E-state index contributed by atoms with van der Waals surface area (Å²) in [7, 11) is 0. The highest BCUT2D eigenvalue weighted by Gasteiger charge is 2.09. The van der Waals surface area contributed by atoms with Crippen molar-refractivity contribution >= 4 is 11.8 Å². The monoisotopic (exact) mass is 381 g/mol. The van der Waals surface area contributed by atoms with Gasteiger partial charge in [0.25, 0.3) is 0 Å². The molecular weight excluding hydrogens is 361 g/mol. The van der Waals surface area contributed by atoms with Crippen LogP contribution in [0, 0.1) is 5.82 Å². The summed E-state index contributed by atoms with van der Waals surface area (Å²) in [5, 5.41) is 9.41. The molecule has 0 aliphatic heterocycles. The first-order valence-electron chi connectivity index (χ1n) is 8.77. The first-order chi connectivity index (χ1) is 13.6. The van der Waals surface area contributed by atoms with E-state index in [2.05, 4.69) is 20.7 Å². The quantitative estimate of drug-likeness (QED) is 0.618. The number of nitrogens with zero attached hydrogens (tertiary/aromatic N) is 3. The minimum absolute atomic E-state index is 0.0196. The van der Waals surface area contributed by atoms with E-state index in [1.807, 2.05) is 24.3 Å². The Bertz CT molecular complexity index is 943. The van der Waals surface area contributed by atoms with Crippen LogP contribution in [0.3, 0.4) is 0 Å². The maximum absolute atomic E-state index is 13.1. The second-order valence-corrected chi connectivity index (χ2v) is 6.22. The zero-order valence-electron chi connectivity index (χ0n) is 15.1. The molecule has 3 aromatic rings. The lowest BCUT2D eigenvalue weighted by Crippen LogP contribution is -2.37. The number of nitrogens with one attached hydrogen (secondary N) is 2. The average Bonchev–Trinajstić information content (AvgIpc) is 3.19. The SMILES string of the molecule is O=C(CNC(=O)Cc1cccc(F)c1)NCc1ccccc1Cn1cncn1. The van der Waals surface area contributed by atoms with Gasteiger partial charge in [-0.2, -0.15) is 5.10 Å². The van der Waals surface area contributed by atoms with Crippen molar-refractivity contribution in [1.29, 1.82) is 0 Å². The van der Waals surface area contributed by atoms with Crippen molar-refractivity contribution in [2.45, 2.75) is 19.5 Å². The predicted octanol–water partition coefficient (Wildman–Crippen LogP) is 1.44. The molecule has 0 saturated heterocycles. The zero-order valence-corrected chi connectivity index (χ0v) is 15.1. The molecule has 7 nitrogen and oxygen atoms in total. The molecule has 1 heterocycles. The number of rotatable bonds is 8. The number of carbonyl (C=O) groups excluding carboxylic acids is 2. The third-order valence-corrected chi connectivity index (χ3v) is 4.09. The molecule has 1 aromatic heterocycles. The highest BCUT2D eigenvalue weighted by molar-refractivity contribution is 5.85. The Morgan fingerprint density at radius 3 is 2.57 bits per heavy atom. The Hall–Kier alpha value is -3.55. The summed E-state index contributed by atoms with van der Waals surface area (Å²) in [6, 6.07) is 13.5. The molecule has 0 saturated carbocycles. The Kier molecular flexibility index (Phi) is 6.46. The van der Waals surface area contributed by atoms with Crippen LogP contribution in [0.15, 0.2) is 61.2 Å². The summed E-state index contributed by atoms with van der Waals surface area (Å²) in [5.74, 6) is -1.04. The Labute approximate surface area is 161 Å². The third-order valence-electron chi connectivity index (χ3n) is 4.09. The number of benzene rings is 2. The van der Waals surface area contributed by atoms with Crippen LogP contribution < -0.4 is 10.6 Å². The fourth-order valence-corrected chi connectivity index (χ4v) is 2.70. The highest BCUT2D eigenvalue weighted by Crippen LogP contribution is 2.10. The Morgan fingerprint density at radius 1 is 1.00 bits per heavy atom. The molecule has 0 unspecified atom stereocenters. The molecule has 0 aliphatic carbocycles. The van der Waals surface area contributed by atoms with Gasteiger partial charge in [-0.25, -0.2) is 14.1 Å². The molecule has 0 fully saturated rings. The lowest BCUT2D eigenvalue weighted by Gasteiger charge is -2.11. The molecule has 3 rings (SSSR count). The van der Waals surface area contributed by atoms with Crippen LogP contribution in [0.1, 0.15) is 16.7 Å². The minimum Gasteiger partial charge on any atom is -0.350 e. The molecule has 0 radical (unpaired) electrons. The standard InChI is InChI=1S/C20H20FN5O2/c21-18-7-3-4-15(8-18)9-19(27)24-11-20(28)23-10-16-5-1-2-6-17(16)12-26-14-22-13-25-26/h1-8,13-14H,9-12H2,(H,23,28)(H,24,27). The number of amides is 2. The summed E-state index contributed by atoms with van der Waals surface area (Å²) in [6.07, 6.45) is 3.12. The van der Waals surface area contributed by atoms with Gasteiger partial charge in [-0.3, -0.25) is 9.59 Å². The predicted molar refractivity (Wildman–Crippen MR) is 101 cm³/mol. The van der Waals surface area contributed by atoms with Crippen molar-refractivity contribution in [2.24, 2.45) is 0 Å². The van der Waals surface area contributed by atoms with Crippen LogP contribution in [0.2, 0.25) is 0 Å². The number of aromatic nitrogens is 3. The van der Waals surface area contributed by atoms with Gasteiger partial charge in [0.1, 0.15) is 18.5 Å². The molecule has 0 aliphatic rings. The van der Waals surface area contributed by atoms with Gasteiger partial charge in [-0.1, -0.05) is 36.4 Å². The number of hydrogen-bond acceptors (Lipinski definition) is 4. The van der Waals surface area contributed by atoms with Gasteiger partial charge in [0, 0.05) is 6.54 Å². The summed E-state index contributed by atoms with van der Waals surface area (Å²) in [5.41, 5.74) is 2.53. The zero-order chi connectivity index (χ0) is 19.8. The van der Waals surface area contributed by atoms with E-state index in [-0.39, 0.29) is 24.8 Å². The van der Waals surface area contributed by atoms with E-state index < -0.39 is 5.82 Å². The Morgan fingerprint density at radius 2 is 1.82 bits per heavy atom. The van der Waals surface area contributed by atoms with Crippen molar-refractivity contribution in [3.63, 3.8) is 0 Å². The van der Waals surface area contributed by atoms with Crippen LogP contribution >= 0.6 is 0 Å². The van der Waals surface area contributed by atoms with Crippen LogP contribution in [0.25, 0.3) is 0 Å². The number of halogens is 1. The van der Waals surface area contributed by atoms with Gasteiger partial charge in [0.15, 0.2) is 0 Å². The van der Waals surface area contributed by atoms with Crippen molar-refractivity contribution in [1.82, 2.24) is 25.4 Å². The molecule has 28 heavy (non-hydrogen) atoms. The Balaban J connectivity index is 1.46. The van der Waals surface area contributed by atoms with Gasteiger partial charge in [-0.15, -0.1) is 0 Å². The summed E-state index contributed by atoms with van der Waals surface area (Å²) >= 11 is 0.